The highest BCUT2D eigenvalue weighted by Crippen LogP contribution is 2.60. The number of esters is 1. The Hall–Kier alpha value is -1.90. The maximum absolute atomic E-state index is 13.3. The Morgan fingerprint density at radius 2 is 1.10 bits per heavy atom. The third kappa shape index (κ3) is 4.65. The lowest BCUT2D eigenvalue weighted by Crippen LogP contribution is -2.71. The first kappa shape index (κ1) is 27.1. The largest absolute Gasteiger partial charge is 0.502 e. The number of rotatable bonds is 11. The molecule has 0 saturated heterocycles. The monoisotopic (exact) mass is 462 g/mol. The zero-order valence-corrected chi connectivity index (χ0v) is 13.8. The van der Waals surface area contributed by atoms with Crippen LogP contribution in [0.4, 0.5) is 57.1 Å². The Morgan fingerprint density at radius 3 is 1.52 bits per heavy atom. The SMILES string of the molecule is C=COCCCCOC(=O)C(F)(F)C(F)(F)C(F)(F)C(F)(F)C(F)(F)C(F)(F)F. The standard InChI is InChI=1S/C13H11F13O3/c1-2-28-5-3-4-6-29-7(27)8(14,15)9(16,17)10(18,19)11(20,21)12(22,23)13(24,25)26/h2H,1,3-6H2. The molecule has 0 bridgehead atoms. The molecule has 16 heteroatoms. The van der Waals surface area contributed by atoms with Crippen LogP contribution >= 0.6 is 0 Å². The molecule has 0 aromatic heterocycles. The molecule has 3 nitrogen and oxygen atoms in total. The van der Waals surface area contributed by atoms with E-state index in [-0.39, 0.29) is 19.4 Å². The lowest BCUT2D eigenvalue weighted by molar-refractivity contribution is -0.437. The zero-order chi connectivity index (χ0) is 23.5. The zero-order valence-electron chi connectivity index (χ0n) is 13.8. The quantitative estimate of drug-likeness (QED) is 0.183. The van der Waals surface area contributed by atoms with Gasteiger partial charge in [-0.05, 0) is 12.8 Å². The highest BCUT2D eigenvalue weighted by atomic mass is 19.4. The van der Waals surface area contributed by atoms with Crippen molar-refractivity contribution in [3.63, 3.8) is 0 Å². The molecule has 0 spiro atoms. The molecule has 0 aliphatic heterocycles. The van der Waals surface area contributed by atoms with Crippen LogP contribution in [0.2, 0.25) is 0 Å². The fourth-order valence-electron chi connectivity index (χ4n) is 1.52. The van der Waals surface area contributed by atoms with Gasteiger partial charge in [0.15, 0.2) is 0 Å². The number of carbonyl (C=O) groups is 1. The molecule has 0 unspecified atom stereocenters. The van der Waals surface area contributed by atoms with Crippen molar-refractivity contribution in [1.29, 1.82) is 0 Å². The van der Waals surface area contributed by atoms with E-state index < -0.39 is 48.4 Å². The molecule has 0 aliphatic carbocycles. The van der Waals surface area contributed by atoms with E-state index in [0.29, 0.717) is 0 Å². The lowest BCUT2D eigenvalue weighted by atomic mass is 9.94. The van der Waals surface area contributed by atoms with Crippen LogP contribution in [0.1, 0.15) is 12.8 Å². The van der Waals surface area contributed by atoms with Gasteiger partial charge in [-0.1, -0.05) is 6.58 Å². The second-order valence-electron chi connectivity index (χ2n) is 5.25. The van der Waals surface area contributed by atoms with Gasteiger partial charge >= 0.3 is 41.8 Å². The molecule has 0 heterocycles. The van der Waals surface area contributed by atoms with Crippen LogP contribution in [-0.2, 0) is 14.3 Å². The summed E-state index contributed by atoms with van der Waals surface area (Å²) in [4.78, 5) is 10.9. The van der Waals surface area contributed by atoms with Gasteiger partial charge in [0, 0.05) is 0 Å². The first-order valence-electron chi connectivity index (χ1n) is 7.09. The molecule has 0 rings (SSSR count). The van der Waals surface area contributed by atoms with Crippen LogP contribution in [0, 0.1) is 0 Å². The van der Waals surface area contributed by atoms with Crippen LogP contribution in [0.15, 0.2) is 12.8 Å². The fraction of sp³-hybridized carbons (Fsp3) is 0.769. The molecule has 0 fully saturated rings. The van der Waals surface area contributed by atoms with Crippen molar-refractivity contribution >= 4 is 5.97 Å². The van der Waals surface area contributed by atoms with Crippen molar-refractivity contribution in [3.05, 3.63) is 12.8 Å². The summed E-state index contributed by atoms with van der Waals surface area (Å²) in [6, 6.07) is 0. The van der Waals surface area contributed by atoms with Crippen molar-refractivity contribution in [2.75, 3.05) is 13.2 Å². The van der Waals surface area contributed by atoms with Crippen LogP contribution < -0.4 is 0 Å². The highest BCUT2D eigenvalue weighted by molar-refractivity contribution is 5.79. The van der Waals surface area contributed by atoms with Gasteiger partial charge in [0.1, 0.15) is 0 Å². The third-order valence-corrected chi connectivity index (χ3v) is 3.20. The summed E-state index contributed by atoms with van der Waals surface area (Å²) in [5.74, 6) is -42.1. The van der Waals surface area contributed by atoms with E-state index in [2.05, 4.69) is 16.1 Å². The van der Waals surface area contributed by atoms with E-state index in [9.17, 15) is 61.9 Å². The summed E-state index contributed by atoms with van der Waals surface area (Å²) in [6.07, 6.45) is -7.05. The molecule has 0 amide bonds. The Bertz CT molecular complexity index is 583. The molecule has 0 saturated carbocycles. The number of hydrogen-bond donors (Lipinski definition) is 0. The number of hydrogen-bond acceptors (Lipinski definition) is 3. The molecule has 0 aromatic rings. The topological polar surface area (TPSA) is 35.5 Å². The van der Waals surface area contributed by atoms with Gasteiger partial charge in [0.25, 0.3) is 0 Å². The molecule has 0 N–H and O–H groups in total. The number of carbonyl (C=O) groups excluding carboxylic acids is 1. The predicted molar refractivity (Wildman–Crippen MR) is 67.1 cm³/mol. The summed E-state index contributed by atoms with van der Waals surface area (Å²) in [6.45, 7) is 1.81. The van der Waals surface area contributed by atoms with Crippen molar-refractivity contribution in [2.45, 2.75) is 48.6 Å². The van der Waals surface area contributed by atoms with Crippen molar-refractivity contribution in [2.24, 2.45) is 0 Å². The van der Waals surface area contributed by atoms with E-state index in [1.807, 2.05) is 0 Å². The van der Waals surface area contributed by atoms with Crippen LogP contribution in [0.3, 0.4) is 0 Å². The smallest absolute Gasteiger partial charge is 0.460 e. The molecular weight excluding hydrogens is 451 g/mol. The molecule has 172 valence electrons. The second kappa shape index (κ2) is 8.45. The summed E-state index contributed by atoms with van der Waals surface area (Å²) in [5.41, 5.74) is 0. The van der Waals surface area contributed by atoms with Crippen LogP contribution in [-0.4, -0.2) is 55.0 Å². The highest BCUT2D eigenvalue weighted by Gasteiger charge is 2.92. The third-order valence-electron chi connectivity index (χ3n) is 3.20. The number of unbranched alkanes of at least 4 members (excludes halogenated alkanes) is 1. The summed E-state index contributed by atoms with van der Waals surface area (Å²) < 4.78 is 175. The van der Waals surface area contributed by atoms with E-state index in [4.69, 9.17) is 0 Å². The van der Waals surface area contributed by atoms with Gasteiger partial charge in [-0.3, -0.25) is 0 Å². The van der Waals surface area contributed by atoms with E-state index in [0.717, 1.165) is 6.26 Å². The number of halogens is 13. The summed E-state index contributed by atoms with van der Waals surface area (Å²) in [5, 5.41) is 0. The van der Waals surface area contributed by atoms with Crippen molar-refractivity contribution < 1.29 is 71.3 Å². The number of alkyl halides is 13. The van der Waals surface area contributed by atoms with Gasteiger partial charge in [-0.25, -0.2) is 4.79 Å². The van der Waals surface area contributed by atoms with Gasteiger partial charge in [-0.2, -0.15) is 57.1 Å². The molecular formula is C13H11F13O3. The maximum Gasteiger partial charge on any atom is 0.460 e. The minimum absolute atomic E-state index is 0.0761. The average Bonchev–Trinajstić information content (AvgIpc) is 2.55. The number of ether oxygens (including phenoxy) is 2. The Labute approximate surface area is 153 Å². The molecule has 0 aliphatic rings. The van der Waals surface area contributed by atoms with E-state index >= 15 is 0 Å². The molecule has 0 aromatic carbocycles. The predicted octanol–water partition coefficient (Wildman–Crippen LogP) is 5.21. The lowest BCUT2D eigenvalue weighted by Gasteiger charge is -2.38. The first-order valence-corrected chi connectivity index (χ1v) is 7.09. The van der Waals surface area contributed by atoms with Gasteiger partial charge in [0.05, 0.1) is 19.5 Å². The maximum atomic E-state index is 13.3. The summed E-state index contributed by atoms with van der Waals surface area (Å²) >= 11 is 0. The minimum atomic E-state index is -8.06. The summed E-state index contributed by atoms with van der Waals surface area (Å²) in [7, 11) is 0. The van der Waals surface area contributed by atoms with Gasteiger partial charge in [0.2, 0.25) is 0 Å². The normalized spacial score (nSPS) is 14.5. The van der Waals surface area contributed by atoms with E-state index in [1.54, 1.807) is 0 Å². The van der Waals surface area contributed by atoms with Crippen LogP contribution in [0.25, 0.3) is 0 Å². The molecule has 0 radical (unpaired) electrons. The van der Waals surface area contributed by atoms with Crippen molar-refractivity contribution in [1.82, 2.24) is 0 Å². The molecule has 29 heavy (non-hydrogen) atoms. The van der Waals surface area contributed by atoms with E-state index in [1.165, 1.54) is 0 Å². The minimum Gasteiger partial charge on any atom is -0.502 e. The Kier molecular flexibility index (Phi) is 7.90. The average molecular weight is 462 g/mol. The molecule has 0 atom stereocenters. The first-order chi connectivity index (χ1) is 12.7. The van der Waals surface area contributed by atoms with Gasteiger partial charge < -0.3 is 9.47 Å². The van der Waals surface area contributed by atoms with Crippen molar-refractivity contribution in [3.8, 4) is 0 Å². The Morgan fingerprint density at radius 1 is 0.690 bits per heavy atom. The second-order valence-corrected chi connectivity index (χ2v) is 5.25. The van der Waals surface area contributed by atoms with Crippen LogP contribution in [0.5, 0.6) is 0 Å². The Balaban J connectivity index is 5.64. The fourth-order valence-corrected chi connectivity index (χ4v) is 1.52. The van der Waals surface area contributed by atoms with Gasteiger partial charge in [-0.15, -0.1) is 0 Å².